The fourth-order valence-corrected chi connectivity index (χ4v) is 3.75. The van der Waals surface area contributed by atoms with Gasteiger partial charge in [-0.3, -0.25) is 4.79 Å². The molecule has 1 heteroatoms. The second-order valence-electron chi connectivity index (χ2n) is 6.13. The summed E-state index contributed by atoms with van der Waals surface area (Å²) in [5.41, 5.74) is 0. The van der Waals surface area contributed by atoms with Gasteiger partial charge in [-0.1, -0.05) is 51.4 Å². The smallest absolute Gasteiger partial charge is 0.136 e. The molecule has 2 aliphatic rings. The average Bonchev–Trinajstić information content (AvgIpc) is 2.35. The fourth-order valence-electron chi connectivity index (χ4n) is 3.75. The number of carbonyl (C=O) groups excluding carboxylic acids is 1. The SMILES string of the molecule is O=C1CCCCCCCCC[C@H]2CCCC[C@@H]12. The van der Waals surface area contributed by atoms with Crippen LogP contribution in [0.1, 0.15) is 83.5 Å². The normalized spacial score (nSPS) is 33.3. The van der Waals surface area contributed by atoms with Crippen LogP contribution in [-0.4, -0.2) is 5.78 Å². The molecule has 2 fully saturated rings. The van der Waals surface area contributed by atoms with Crippen LogP contribution in [0.4, 0.5) is 0 Å². The number of fused-ring (bicyclic) bond motifs is 1. The molecular formula is C16H28O. The van der Waals surface area contributed by atoms with Crippen molar-refractivity contribution in [2.75, 3.05) is 0 Å². The van der Waals surface area contributed by atoms with E-state index in [-0.39, 0.29) is 0 Å². The molecule has 0 bridgehead atoms. The third-order valence-corrected chi connectivity index (χ3v) is 4.82. The molecule has 0 saturated heterocycles. The molecule has 2 atom stereocenters. The largest absolute Gasteiger partial charge is 0.299 e. The summed E-state index contributed by atoms with van der Waals surface area (Å²) in [5, 5.41) is 0. The Bertz CT molecular complexity index is 234. The van der Waals surface area contributed by atoms with Crippen molar-refractivity contribution >= 4 is 5.78 Å². The van der Waals surface area contributed by atoms with E-state index in [2.05, 4.69) is 0 Å². The van der Waals surface area contributed by atoms with Crippen LogP contribution < -0.4 is 0 Å². The number of Topliss-reactive ketones (excluding diaryl/α,β-unsaturated/α-hetero) is 1. The first-order chi connectivity index (χ1) is 8.38. The van der Waals surface area contributed by atoms with E-state index in [4.69, 9.17) is 0 Å². The number of ketones is 1. The Morgan fingerprint density at radius 1 is 0.647 bits per heavy atom. The van der Waals surface area contributed by atoms with Gasteiger partial charge >= 0.3 is 0 Å². The van der Waals surface area contributed by atoms with Crippen molar-refractivity contribution in [3.8, 4) is 0 Å². The van der Waals surface area contributed by atoms with Crippen LogP contribution in [-0.2, 0) is 4.79 Å². The topological polar surface area (TPSA) is 17.1 Å². The van der Waals surface area contributed by atoms with Gasteiger partial charge in [-0.15, -0.1) is 0 Å². The van der Waals surface area contributed by atoms with Crippen molar-refractivity contribution in [3.05, 3.63) is 0 Å². The van der Waals surface area contributed by atoms with Crippen molar-refractivity contribution in [3.63, 3.8) is 0 Å². The van der Waals surface area contributed by atoms with Crippen molar-refractivity contribution in [1.29, 1.82) is 0 Å². The van der Waals surface area contributed by atoms with Crippen molar-refractivity contribution < 1.29 is 4.79 Å². The van der Waals surface area contributed by atoms with Crippen LogP contribution in [0.15, 0.2) is 0 Å². The molecule has 0 spiro atoms. The van der Waals surface area contributed by atoms with E-state index in [1.165, 1.54) is 70.6 Å². The lowest BCUT2D eigenvalue weighted by molar-refractivity contribution is -0.125. The van der Waals surface area contributed by atoms with Crippen molar-refractivity contribution in [1.82, 2.24) is 0 Å². The van der Waals surface area contributed by atoms with E-state index in [0.717, 1.165) is 18.8 Å². The summed E-state index contributed by atoms with van der Waals surface area (Å²) in [6, 6.07) is 0. The monoisotopic (exact) mass is 236 g/mol. The molecule has 17 heavy (non-hydrogen) atoms. The predicted octanol–water partition coefficient (Wildman–Crippen LogP) is 4.89. The zero-order valence-electron chi connectivity index (χ0n) is 11.3. The van der Waals surface area contributed by atoms with Gasteiger partial charge in [-0.2, -0.15) is 0 Å². The Labute approximate surface area is 106 Å². The summed E-state index contributed by atoms with van der Waals surface area (Å²) >= 11 is 0. The van der Waals surface area contributed by atoms with Crippen LogP contribution in [0.3, 0.4) is 0 Å². The number of carbonyl (C=O) groups is 1. The standard InChI is InChI=1S/C16H28O/c17-16-13-7-5-3-1-2-4-6-10-14-11-8-9-12-15(14)16/h14-15H,1-13H2/t14-,15+/m0/s1. The highest BCUT2D eigenvalue weighted by atomic mass is 16.1. The molecule has 0 radical (unpaired) electrons. The number of hydrogen-bond donors (Lipinski definition) is 0. The van der Waals surface area contributed by atoms with Crippen LogP contribution in [0.2, 0.25) is 0 Å². The number of rotatable bonds is 0. The maximum atomic E-state index is 12.3. The van der Waals surface area contributed by atoms with Crippen LogP contribution >= 0.6 is 0 Å². The van der Waals surface area contributed by atoms with Gasteiger partial charge in [-0.05, 0) is 31.6 Å². The molecule has 2 rings (SSSR count). The van der Waals surface area contributed by atoms with Crippen LogP contribution in [0.5, 0.6) is 0 Å². The third-order valence-electron chi connectivity index (χ3n) is 4.82. The summed E-state index contributed by atoms with van der Waals surface area (Å²) in [6.07, 6.45) is 16.8. The summed E-state index contributed by atoms with van der Waals surface area (Å²) in [5.74, 6) is 1.80. The first-order valence-corrected chi connectivity index (χ1v) is 7.90. The maximum Gasteiger partial charge on any atom is 0.136 e. The maximum absolute atomic E-state index is 12.3. The zero-order chi connectivity index (χ0) is 11.9. The summed E-state index contributed by atoms with van der Waals surface area (Å²) in [4.78, 5) is 12.3. The molecule has 1 nitrogen and oxygen atoms in total. The van der Waals surface area contributed by atoms with E-state index in [1.54, 1.807) is 0 Å². The Hall–Kier alpha value is -0.330. The van der Waals surface area contributed by atoms with E-state index in [1.807, 2.05) is 0 Å². The summed E-state index contributed by atoms with van der Waals surface area (Å²) < 4.78 is 0. The third kappa shape index (κ3) is 4.12. The van der Waals surface area contributed by atoms with E-state index >= 15 is 0 Å². The van der Waals surface area contributed by atoms with E-state index in [0.29, 0.717) is 11.7 Å². The molecule has 0 aliphatic heterocycles. The van der Waals surface area contributed by atoms with E-state index in [9.17, 15) is 4.79 Å². The van der Waals surface area contributed by atoms with Crippen LogP contribution in [0, 0.1) is 11.8 Å². The van der Waals surface area contributed by atoms with Crippen molar-refractivity contribution in [2.45, 2.75) is 83.5 Å². The highest BCUT2D eigenvalue weighted by molar-refractivity contribution is 5.81. The molecule has 0 aromatic rings. The Balaban J connectivity index is 1.91. The summed E-state index contributed by atoms with van der Waals surface area (Å²) in [6.45, 7) is 0. The fraction of sp³-hybridized carbons (Fsp3) is 0.938. The van der Waals surface area contributed by atoms with Gasteiger partial charge in [0.05, 0.1) is 0 Å². The minimum Gasteiger partial charge on any atom is -0.299 e. The minimum atomic E-state index is 0.447. The number of hydrogen-bond acceptors (Lipinski definition) is 1. The quantitative estimate of drug-likeness (QED) is 0.585. The predicted molar refractivity (Wildman–Crippen MR) is 72.0 cm³/mol. The Kier molecular flexibility index (Phi) is 5.54. The molecule has 0 unspecified atom stereocenters. The molecule has 0 aromatic heterocycles. The van der Waals surface area contributed by atoms with Gasteiger partial charge in [0.15, 0.2) is 0 Å². The van der Waals surface area contributed by atoms with Gasteiger partial charge in [-0.25, -0.2) is 0 Å². The van der Waals surface area contributed by atoms with E-state index < -0.39 is 0 Å². The Morgan fingerprint density at radius 2 is 1.18 bits per heavy atom. The van der Waals surface area contributed by atoms with Gasteiger partial charge < -0.3 is 0 Å². The van der Waals surface area contributed by atoms with Gasteiger partial charge in [0.2, 0.25) is 0 Å². The second-order valence-corrected chi connectivity index (χ2v) is 6.13. The first kappa shape index (κ1) is 13.1. The summed E-state index contributed by atoms with van der Waals surface area (Å²) in [7, 11) is 0. The lowest BCUT2D eigenvalue weighted by Crippen LogP contribution is -2.27. The molecule has 0 heterocycles. The highest BCUT2D eigenvalue weighted by Gasteiger charge is 2.29. The lowest BCUT2D eigenvalue weighted by Gasteiger charge is -2.31. The Morgan fingerprint density at radius 3 is 1.94 bits per heavy atom. The van der Waals surface area contributed by atoms with Crippen molar-refractivity contribution in [2.24, 2.45) is 11.8 Å². The zero-order valence-corrected chi connectivity index (χ0v) is 11.3. The molecule has 2 saturated carbocycles. The average molecular weight is 236 g/mol. The molecule has 2 aliphatic carbocycles. The first-order valence-electron chi connectivity index (χ1n) is 7.90. The molecule has 0 amide bonds. The molecule has 0 N–H and O–H groups in total. The molecule has 98 valence electrons. The lowest BCUT2D eigenvalue weighted by atomic mass is 9.73. The molecule has 0 aromatic carbocycles. The second kappa shape index (κ2) is 7.18. The van der Waals surface area contributed by atoms with Gasteiger partial charge in [0.1, 0.15) is 5.78 Å². The minimum absolute atomic E-state index is 0.447. The highest BCUT2D eigenvalue weighted by Crippen LogP contribution is 2.35. The molecular weight excluding hydrogens is 208 g/mol. The van der Waals surface area contributed by atoms with Crippen LogP contribution in [0.25, 0.3) is 0 Å². The van der Waals surface area contributed by atoms with Gasteiger partial charge in [0.25, 0.3) is 0 Å². The van der Waals surface area contributed by atoms with Gasteiger partial charge in [0, 0.05) is 12.3 Å².